The number of benzene rings is 1. The lowest BCUT2D eigenvalue weighted by Gasteiger charge is -2.16. The van der Waals surface area contributed by atoms with E-state index in [1.54, 1.807) is 16.9 Å². The molecular formula is C27H33N3OS. The largest absolute Gasteiger partial charge is 0.350 e. The molecule has 1 aliphatic rings. The molecule has 168 valence electrons. The first-order valence-electron chi connectivity index (χ1n) is 11.8. The van der Waals surface area contributed by atoms with Crippen molar-refractivity contribution in [2.75, 3.05) is 0 Å². The fourth-order valence-electron chi connectivity index (χ4n) is 4.27. The fraction of sp³-hybridized carbons (Fsp3) is 0.407. The van der Waals surface area contributed by atoms with Gasteiger partial charge >= 0.3 is 0 Å². The molecule has 0 bridgehead atoms. The molecule has 32 heavy (non-hydrogen) atoms. The van der Waals surface area contributed by atoms with E-state index < -0.39 is 0 Å². The van der Waals surface area contributed by atoms with Crippen LogP contribution in [0.3, 0.4) is 0 Å². The molecule has 1 atom stereocenters. The Bertz CT molecular complexity index is 1090. The van der Waals surface area contributed by atoms with Crippen LogP contribution in [0.4, 0.5) is 0 Å². The highest BCUT2D eigenvalue weighted by Crippen LogP contribution is 2.32. The molecule has 1 N–H and O–H groups in total. The number of amides is 1. The number of allylic oxidation sites excluding steroid dienone is 2. The van der Waals surface area contributed by atoms with E-state index in [-0.39, 0.29) is 11.9 Å². The number of aromatic nitrogens is 2. The van der Waals surface area contributed by atoms with Crippen molar-refractivity contribution in [3.63, 3.8) is 0 Å². The van der Waals surface area contributed by atoms with Crippen LogP contribution >= 0.6 is 11.3 Å². The van der Waals surface area contributed by atoms with Crippen LogP contribution in [-0.2, 0) is 6.54 Å². The molecule has 3 aromatic rings. The summed E-state index contributed by atoms with van der Waals surface area (Å²) in [6.45, 7) is 7.08. The molecule has 0 radical (unpaired) electrons. The van der Waals surface area contributed by atoms with Crippen LogP contribution in [0.25, 0.3) is 22.0 Å². The zero-order valence-corrected chi connectivity index (χ0v) is 20.2. The summed E-state index contributed by atoms with van der Waals surface area (Å²) in [7, 11) is 0. The van der Waals surface area contributed by atoms with E-state index in [0.29, 0.717) is 0 Å². The number of carbonyl (C=O) groups is 1. The lowest BCUT2D eigenvalue weighted by atomic mass is 9.97. The van der Waals surface area contributed by atoms with Gasteiger partial charge in [0.1, 0.15) is 5.01 Å². The summed E-state index contributed by atoms with van der Waals surface area (Å²) < 4.78 is 2.30. The Morgan fingerprint density at radius 1 is 1.25 bits per heavy atom. The van der Waals surface area contributed by atoms with Crippen molar-refractivity contribution in [2.45, 2.75) is 71.9 Å². The minimum absolute atomic E-state index is 0.00671. The predicted molar refractivity (Wildman–Crippen MR) is 134 cm³/mol. The van der Waals surface area contributed by atoms with E-state index >= 15 is 0 Å². The van der Waals surface area contributed by atoms with E-state index in [0.717, 1.165) is 52.6 Å². The Morgan fingerprint density at radius 2 is 2.06 bits per heavy atom. The Balaban J connectivity index is 1.67. The fourth-order valence-corrected chi connectivity index (χ4v) is 5.09. The molecule has 2 heterocycles. The van der Waals surface area contributed by atoms with Gasteiger partial charge in [0.25, 0.3) is 5.91 Å². The van der Waals surface area contributed by atoms with Gasteiger partial charge in [-0.15, -0.1) is 11.3 Å². The van der Waals surface area contributed by atoms with Gasteiger partial charge in [0.15, 0.2) is 0 Å². The number of hydrogen-bond donors (Lipinski definition) is 1. The molecule has 4 nitrogen and oxygen atoms in total. The van der Waals surface area contributed by atoms with Gasteiger partial charge in [0, 0.05) is 29.2 Å². The van der Waals surface area contributed by atoms with Crippen molar-refractivity contribution in [1.29, 1.82) is 0 Å². The monoisotopic (exact) mass is 447 g/mol. The van der Waals surface area contributed by atoms with E-state index in [9.17, 15) is 4.79 Å². The number of nitrogens with one attached hydrogen (secondary N) is 1. The van der Waals surface area contributed by atoms with E-state index in [2.05, 4.69) is 47.3 Å². The van der Waals surface area contributed by atoms with Crippen LogP contribution < -0.4 is 5.32 Å². The maximum absolute atomic E-state index is 13.0. The van der Waals surface area contributed by atoms with Crippen molar-refractivity contribution >= 4 is 17.2 Å². The highest BCUT2D eigenvalue weighted by molar-refractivity contribution is 7.13. The van der Waals surface area contributed by atoms with E-state index in [4.69, 9.17) is 4.98 Å². The van der Waals surface area contributed by atoms with Gasteiger partial charge in [-0.05, 0) is 58.4 Å². The summed E-state index contributed by atoms with van der Waals surface area (Å²) in [6, 6.07) is 12.5. The van der Waals surface area contributed by atoms with Crippen LogP contribution in [0.1, 0.15) is 68.4 Å². The third kappa shape index (κ3) is 5.04. The van der Waals surface area contributed by atoms with E-state index in [1.165, 1.54) is 25.7 Å². The molecule has 1 aromatic carbocycles. The van der Waals surface area contributed by atoms with Crippen LogP contribution in [0.5, 0.6) is 0 Å². The Hall–Kier alpha value is -2.66. The van der Waals surface area contributed by atoms with Gasteiger partial charge in [0.2, 0.25) is 0 Å². The summed E-state index contributed by atoms with van der Waals surface area (Å²) >= 11 is 1.65. The number of rotatable bonds is 8. The first-order chi connectivity index (χ1) is 15.6. The smallest absolute Gasteiger partial charge is 0.253 e. The number of nitrogens with zero attached hydrogens (tertiary/aromatic N) is 2. The third-order valence-electron chi connectivity index (χ3n) is 6.43. The molecule has 5 heteroatoms. The molecule has 1 unspecified atom stereocenters. The molecule has 0 spiro atoms. The Kier molecular flexibility index (Phi) is 7.26. The second kappa shape index (κ2) is 10.3. The topological polar surface area (TPSA) is 46.9 Å². The van der Waals surface area contributed by atoms with Gasteiger partial charge in [-0.25, -0.2) is 4.98 Å². The maximum atomic E-state index is 13.0. The summed E-state index contributed by atoms with van der Waals surface area (Å²) in [5.74, 6) is 0.00671. The maximum Gasteiger partial charge on any atom is 0.253 e. The summed E-state index contributed by atoms with van der Waals surface area (Å²) in [5.41, 5.74) is 6.42. The number of thiazole rings is 1. The SMILES string of the molecule is CCC(C)NC(=O)c1cc(-c2csc(-c3ccccc3)n2)n(CCC2=CCCCC2)c1C. The average molecular weight is 448 g/mol. The van der Waals surface area contributed by atoms with Gasteiger partial charge in [-0.2, -0.15) is 0 Å². The zero-order valence-electron chi connectivity index (χ0n) is 19.4. The van der Waals surface area contributed by atoms with Crippen molar-refractivity contribution in [3.8, 4) is 22.0 Å². The zero-order chi connectivity index (χ0) is 22.5. The van der Waals surface area contributed by atoms with Crippen molar-refractivity contribution in [3.05, 3.63) is 64.7 Å². The molecule has 4 rings (SSSR count). The van der Waals surface area contributed by atoms with Gasteiger partial charge in [-0.3, -0.25) is 4.79 Å². The van der Waals surface area contributed by atoms with Gasteiger partial charge < -0.3 is 9.88 Å². The standard InChI is InChI=1S/C27H33N3OS/c1-4-19(2)28-26(31)23-17-25(24-18-32-27(29-24)22-13-9-6-10-14-22)30(20(23)3)16-15-21-11-7-5-8-12-21/h6,9-11,13-14,17-19H,4-5,7-8,12,15-16H2,1-3H3,(H,28,31). The molecule has 0 saturated heterocycles. The number of hydrogen-bond acceptors (Lipinski definition) is 3. The van der Waals surface area contributed by atoms with Gasteiger partial charge in [-0.1, -0.05) is 48.9 Å². The highest BCUT2D eigenvalue weighted by atomic mass is 32.1. The second-order valence-corrected chi connectivity index (χ2v) is 9.58. The molecule has 0 aliphatic heterocycles. The lowest BCUT2D eigenvalue weighted by molar-refractivity contribution is 0.0938. The quantitative estimate of drug-likeness (QED) is 0.378. The van der Waals surface area contributed by atoms with Crippen molar-refractivity contribution in [2.24, 2.45) is 0 Å². The molecule has 1 aliphatic carbocycles. The van der Waals surface area contributed by atoms with Crippen LogP contribution in [0.15, 0.2) is 53.4 Å². The minimum atomic E-state index is 0.00671. The molecule has 1 amide bonds. The van der Waals surface area contributed by atoms with Crippen LogP contribution in [0, 0.1) is 6.92 Å². The molecule has 0 fully saturated rings. The number of carbonyl (C=O) groups excluding carboxylic acids is 1. The van der Waals surface area contributed by atoms with Gasteiger partial charge in [0.05, 0.1) is 17.0 Å². The molecule has 2 aromatic heterocycles. The highest BCUT2D eigenvalue weighted by Gasteiger charge is 2.21. The Morgan fingerprint density at radius 3 is 2.78 bits per heavy atom. The van der Waals surface area contributed by atoms with Crippen LogP contribution in [-0.4, -0.2) is 21.5 Å². The summed E-state index contributed by atoms with van der Waals surface area (Å²) in [6.07, 6.45) is 9.35. The summed E-state index contributed by atoms with van der Waals surface area (Å²) in [4.78, 5) is 18.0. The Labute approximate surface area is 195 Å². The van der Waals surface area contributed by atoms with Crippen molar-refractivity contribution in [1.82, 2.24) is 14.9 Å². The minimum Gasteiger partial charge on any atom is -0.350 e. The second-order valence-electron chi connectivity index (χ2n) is 8.73. The summed E-state index contributed by atoms with van der Waals surface area (Å²) in [5, 5.41) is 6.25. The average Bonchev–Trinajstić information content (AvgIpc) is 3.44. The third-order valence-corrected chi connectivity index (χ3v) is 7.32. The van der Waals surface area contributed by atoms with Crippen molar-refractivity contribution < 1.29 is 4.79 Å². The predicted octanol–water partition coefficient (Wildman–Crippen LogP) is 7.01. The normalized spacial score (nSPS) is 14.8. The molecule has 0 saturated carbocycles. The first-order valence-corrected chi connectivity index (χ1v) is 12.6. The lowest BCUT2D eigenvalue weighted by Crippen LogP contribution is -2.32. The first kappa shape index (κ1) is 22.5. The van der Waals surface area contributed by atoms with Crippen LogP contribution in [0.2, 0.25) is 0 Å². The van der Waals surface area contributed by atoms with E-state index in [1.807, 2.05) is 31.2 Å². The molecular weight excluding hydrogens is 414 g/mol.